The summed E-state index contributed by atoms with van der Waals surface area (Å²) in [7, 11) is 1.71. The third-order valence-electron chi connectivity index (χ3n) is 4.67. The standard InChI is InChI=1S/C19H19FN4O3/c1-24(9-16-14-6-3-7-15(14)22-23-16)19(25)17-10-27-18(21-17)11-26-13-5-2-4-12(20)8-13/h2,4-5,8,10,16H,3,6-7,9,11H2,1H3/t16-/m0/s1. The molecule has 1 aliphatic heterocycles. The van der Waals surface area contributed by atoms with Crippen LogP contribution in [0.15, 0.2) is 56.4 Å². The van der Waals surface area contributed by atoms with Gasteiger partial charge in [-0.1, -0.05) is 6.07 Å². The third kappa shape index (κ3) is 3.74. The van der Waals surface area contributed by atoms with Crippen molar-refractivity contribution in [1.82, 2.24) is 9.88 Å². The van der Waals surface area contributed by atoms with Crippen molar-refractivity contribution in [2.24, 2.45) is 10.2 Å². The molecule has 1 aromatic carbocycles. The van der Waals surface area contributed by atoms with Gasteiger partial charge in [-0.25, -0.2) is 9.37 Å². The molecule has 0 unspecified atom stereocenters. The Kier molecular flexibility index (Phi) is 4.70. The predicted octanol–water partition coefficient (Wildman–Crippen LogP) is 3.74. The molecule has 0 bridgehead atoms. The van der Waals surface area contributed by atoms with Crippen molar-refractivity contribution in [2.45, 2.75) is 31.9 Å². The van der Waals surface area contributed by atoms with E-state index in [-0.39, 0.29) is 36.0 Å². The van der Waals surface area contributed by atoms with Crippen molar-refractivity contribution in [3.8, 4) is 5.75 Å². The van der Waals surface area contributed by atoms with Crippen molar-refractivity contribution in [3.05, 3.63) is 59.2 Å². The fourth-order valence-electron chi connectivity index (χ4n) is 3.30. The zero-order valence-electron chi connectivity index (χ0n) is 14.9. The maximum atomic E-state index is 13.2. The number of carbonyl (C=O) groups is 1. The van der Waals surface area contributed by atoms with Crippen molar-refractivity contribution in [2.75, 3.05) is 13.6 Å². The van der Waals surface area contributed by atoms with Crippen LogP contribution in [0, 0.1) is 5.82 Å². The average Bonchev–Trinajstić information content (AvgIpc) is 3.38. The Bertz CT molecular complexity index is 921. The van der Waals surface area contributed by atoms with Crippen LogP contribution in [-0.2, 0) is 6.61 Å². The maximum Gasteiger partial charge on any atom is 0.275 e. The Morgan fingerprint density at radius 3 is 3.15 bits per heavy atom. The van der Waals surface area contributed by atoms with Crippen molar-refractivity contribution in [1.29, 1.82) is 0 Å². The van der Waals surface area contributed by atoms with Crippen LogP contribution in [0.5, 0.6) is 5.75 Å². The Hall–Kier alpha value is -3.03. The molecule has 2 aliphatic rings. The second-order valence-electron chi connectivity index (χ2n) is 6.61. The Morgan fingerprint density at radius 1 is 1.41 bits per heavy atom. The first-order valence-corrected chi connectivity index (χ1v) is 8.81. The van der Waals surface area contributed by atoms with Crippen molar-refractivity contribution >= 4 is 5.91 Å². The molecule has 8 heteroatoms. The van der Waals surface area contributed by atoms with Crippen LogP contribution in [0.3, 0.4) is 0 Å². The van der Waals surface area contributed by atoms with Gasteiger partial charge in [0, 0.05) is 19.7 Å². The largest absolute Gasteiger partial charge is 0.484 e. The lowest BCUT2D eigenvalue weighted by Gasteiger charge is -2.19. The molecule has 0 N–H and O–H groups in total. The van der Waals surface area contributed by atoms with Crippen LogP contribution in [0.25, 0.3) is 0 Å². The normalized spacial score (nSPS) is 18.1. The highest BCUT2D eigenvalue weighted by Gasteiger charge is 2.30. The number of ether oxygens (including phenoxy) is 1. The van der Waals surface area contributed by atoms with E-state index >= 15 is 0 Å². The number of halogens is 1. The van der Waals surface area contributed by atoms with Gasteiger partial charge in [-0.15, -0.1) is 0 Å². The van der Waals surface area contributed by atoms with Crippen LogP contribution >= 0.6 is 0 Å². The molecule has 2 aromatic rings. The van der Waals surface area contributed by atoms with Crippen molar-refractivity contribution in [3.63, 3.8) is 0 Å². The summed E-state index contributed by atoms with van der Waals surface area (Å²) in [6, 6.07) is 5.73. The first kappa shape index (κ1) is 17.4. The monoisotopic (exact) mass is 370 g/mol. The Balaban J connectivity index is 1.34. The van der Waals surface area contributed by atoms with Crippen molar-refractivity contribution < 1.29 is 18.3 Å². The van der Waals surface area contributed by atoms with Gasteiger partial charge in [0.05, 0.1) is 5.70 Å². The number of allylic oxidation sites excluding steroid dienone is 1. The highest BCUT2D eigenvalue weighted by atomic mass is 19.1. The Labute approximate surface area is 155 Å². The number of amides is 1. The van der Waals surface area contributed by atoms with Gasteiger partial charge >= 0.3 is 0 Å². The summed E-state index contributed by atoms with van der Waals surface area (Å²) in [4.78, 5) is 18.3. The molecule has 0 radical (unpaired) electrons. The molecule has 0 saturated carbocycles. The van der Waals surface area contributed by atoms with Gasteiger partial charge in [0.2, 0.25) is 5.89 Å². The van der Waals surface area contributed by atoms with E-state index in [1.54, 1.807) is 24.1 Å². The number of aromatic nitrogens is 1. The van der Waals surface area contributed by atoms with Crippen LogP contribution in [-0.4, -0.2) is 35.4 Å². The second-order valence-corrected chi connectivity index (χ2v) is 6.61. The number of nitrogens with zero attached hydrogens (tertiary/aromatic N) is 4. The summed E-state index contributed by atoms with van der Waals surface area (Å²) in [6.45, 7) is 0.469. The second kappa shape index (κ2) is 7.30. The summed E-state index contributed by atoms with van der Waals surface area (Å²) in [5.74, 6) is -0.0252. The topological polar surface area (TPSA) is 80.3 Å². The summed E-state index contributed by atoms with van der Waals surface area (Å²) in [5, 5.41) is 8.49. The van der Waals surface area contributed by atoms with Gasteiger partial charge in [0.1, 0.15) is 23.9 Å². The fraction of sp³-hybridized carbons (Fsp3) is 0.368. The molecule has 140 valence electrons. The highest BCUT2D eigenvalue weighted by Crippen LogP contribution is 2.35. The minimum Gasteiger partial charge on any atom is -0.484 e. The summed E-state index contributed by atoms with van der Waals surface area (Å²) >= 11 is 0. The minimum atomic E-state index is -0.387. The molecule has 7 nitrogen and oxygen atoms in total. The number of carbonyl (C=O) groups excluding carboxylic acids is 1. The molecule has 0 fully saturated rings. The first-order chi connectivity index (χ1) is 13.1. The van der Waals surface area contributed by atoms with E-state index in [0.717, 1.165) is 25.0 Å². The van der Waals surface area contributed by atoms with E-state index in [1.807, 2.05) is 0 Å². The van der Waals surface area contributed by atoms with E-state index in [2.05, 4.69) is 15.2 Å². The van der Waals surface area contributed by atoms with Gasteiger partial charge in [0.15, 0.2) is 12.3 Å². The quantitative estimate of drug-likeness (QED) is 0.776. The SMILES string of the molecule is CN(C[C@@H]1N=NC2=C1CCC2)C(=O)c1coc(COc2cccc(F)c2)n1. The van der Waals surface area contributed by atoms with Crippen LogP contribution in [0.1, 0.15) is 35.6 Å². The number of rotatable bonds is 6. The number of hydrogen-bond acceptors (Lipinski definition) is 6. The molecule has 0 spiro atoms. The fourth-order valence-corrected chi connectivity index (χ4v) is 3.30. The molecule has 27 heavy (non-hydrogen) atoms. The van der Waals surface area contributed by atoms with Gasteiger partial charge < -0.3 is 14.1 Å². The molecule has 0 saturated heterocycles. The lowest BCUT2D eigenvalue weighted by molar-refractivity contribution is 0.0785. The van der Waals surface area contributed by atoms with E-state index in [9.17, 15) is 9.18 Å². The zero-order chi connectivity index (χ0) is 18.8. The predicted molar refractivity (Wildman–Crippen MR) is 93.7 cm³/mol. The smallest absolute Gasteiger partial charge is 0.275 e. The van der Waals surface area contributed by atoms with Gasteiger partial charge in [-0.3, -0.25) is 4.79 Å². The van der Waals surface area contributed by atoms with E-state index in [4.69, 9.17) is 9.15 Å². The molecule has 1 amide bonds. The average molecular weight is 370 g/mol. The number of likely N-dealkylation sites (N-methyl/N-ethyl adjacent to an activating group) is 1. The first-order valence-electron chi connectivity index (χ1n) is 8.81. The number of hydrogen-bond donors (Lipinski definition) is 0. The van der Waals surface area contributed by atoms with E-state index < -0.39 is 0 Å². The summed E-state index contributed by atoms with van der Waals surface area (Å²) < 4.78 is 23.9. The molecule has 1 atom stereocenters. The molecule has 1 aliphatic carbocycles. The van der Waals surface area contributed by atoms with Crippen LogP contribution in [0.2, 0.25) is 0 Å². The minimum absolute atomic E-state index is 0.00747. The molecule has 1 aromatic heterocycles. The molecule has 4 rings (SSSR count). The summed E-state index contributed by atoms with van der Waals surface area (Å²) in [6.07, 6.45) is 4.39. The number of azo groups is 1. The van der Waals surface area contributed by atoms with Gasteiger partial charge in [-0.05, 0) is 37.0 Å². The highest BCUT2D eigenvalue weighted by molar-refractivity contribution is 5.91. The number of oxazole rings is 1. The number of benzene rings is 1. The molecular formula is C19H19FN4O3. The summed E-state index contributed by atoms with van der Waals surface area (Å²) in [5.41, 5.74) is 2.53. The van der Waals surface area contributed by atoms with E-state index in [1.165, 1.54) is 24.0 Å². The van der Waals surface area contributed by atoms with Crippen LogP contribution in [0.4, 0.5) is 4.39 Å². The molecular weight excluding hydrogens is 351 g/mol. The van der Waals surface area contributed by atoms with E-state index in [0.29, 0.717) is 12.3 Å². The zero-order valence-corrected chi connectivity index (χ0v) is 14.9. The molecule has 2 heterocycles. The van der Waals surface area contributed by atoms with Gasteiger partial charge in [-0.2, -0.15) is 10.2 Å². The third-order valence-corrected chi connectivity index (χ3v) is 4.67. The van der Waals surface area contributed by atoms with Crippen LogP contribution < -0.4 is 4.74 Å². The van der Waals surface area contributed by atoms with Gasteiger partial charge in [0.25, 0.3) is 5.91 Å². The maximum absolute atomic E-state index is 13.2. The Morgan fingerprint density at radius 2 is 2.30 bits per heavy atom. The lowest BCUT2D eigenvalue weighted by Crippen LogP contribution is -2.34. The lowest BCUT2D eigenvalue weighted by atomic mass is 10.1.